The van der Waals surface area contributed by atoms with Crippen molar-refractivity contribution in [2.75, 3.05) is 18.5 Å². The quantitative estimate of drug-likeness (QED) is 0.359. The molecular formula is C10H14ClN3O. The monoisotopic (exact) mass is 227 g/mol. The van der Waals surface area contributed by atoms with E-state index in [1.807, 2.05) is 18.9 Å². The first-order chi connectivity index (χ1) is 7.10. The maximum Gasteiger partial charge on any atom is 0.172 e. The van der Waals surface area contributed by atoms with Gasteiger partial charge in [0.15, 0.2) is 5.84 Å². The molecule has 0 saturated carbocycles. The second kappa shape index (κ2) is 4.89. The van der Waals surface area contributed by atoms with E-state index >= 15 is 0 Å². The van der Waals surface area contributed by atoms with Crippen LogP contribution >= 0.6 is 11.6 Å². The molecule has 0 unspecified atom stereocenters. The maximum absolute atomic E-state index is 8.65. The zero-order valence-electron chi connectivity index (χ0n) is 8.74. The average Bonchev–Trinajstić information content (AvgIpc) is 2.26. The Hall–Kier alpha value is -1.42. The summed E-state index contributed by atoms with van der Waals surface area (Å²) in [5, 5.41) is 12.3. The molecule has 0 heterocycles. The zero-order valence-corrected chi connectivity index (χ0v) is 9.49. The van der Waals surface area contributed by atoms with E-state index in [1.165, 1.54) is 0 Å². The highest BCUT2D eigenvalue weighted by molar-refractivity contribution is 6.31. The van der Waals surface area contributed by atoms with E-state index in [2.05, 4.69) is 5.16 Å². The first-order valence-electron chi connectivity index (χ1n) is 4.58. The Kier molecular flexibility index (Phi) is 3.80. The van der Waals surface area contributed by atoms with Gasteiger partial charge in [-0.3, -0.25) is 0 Å². The first kappa shape index (κ1) is 11.7. The van der Waals surface area contributed by atoms with Crippen molar-refractivity contribution in [3.05, 3.63) is 28.8 Å². The van der Waals surface area contributed by atoms with Gasteiger partial charge in [0.2, 0.25) is 0 Å². The Morgan fingerprint density at radius 2 is 2.27 bits per heavy atom. The maximum atomic E-state index is 8.65. The van der Waals surface area contributed by atoms with Gasteiger partial charge in [-0.05, 0) is 25.1 Å². The fourth-order valence-electron chi connectivity index (χ4n) is 1.26. The first-order valence-corrected chi connectivity index (χ1v) is 4.96. The summed E-state index contributed by atoms with van der Waals surface area (Å²) in [4.78, 5) is 1.97. The molecule has 4 nitrogen and oxygen atoms in total. The van der Waals surface area contributed by atoms with Crippen LogP contribution in [-0.4, -0.2) is 24.6 Å². The van der Waals surface area contributed by atoms with Crippen LogP contribution in [0.5, 0.6) is 0 Å². The van der Waals surface area contributed by atoms with Crippen molar-refractivity contribution in [1.82, 2.24) is 0 Å². The van der Waals surface area contributed by atoms with E-state index in [0.29, 0.717) is 10.6 Å². The minimum absolute atomic E-state index is 0.0852. The number of anilines is 1. The van der Waals surface area contributed by atoms with Gasteiger partial charge in [0.05, 0.1) is 0 Å². The van der Waals surface area contributed by atoms with Crippen molar-refractivity contribution in [3.63, 3.8) is 0 Å². The van der Waals surface area contributed by atoms with Gasteiger partial charge in [-0.25, -0.2) is 0 Å². The number of nitrogens with zero attached hydrogens (tertiary/aromatic N) is 2. The molecule has 0 aromatic heterocycles. The SMILES string of the molecule is CCN(C)c1cc(Cl)ccc1C(N)=NO. The number of halogens is 1. The zero-order chi connectivity index (χ0) is 11.4. The minimum Gasteiger partial charge on any atom is -0.409 e. The number of nitrogens with two attached hydrogens (primary N) is 1. The molecule has 0 spiro atoms. The molecule has 0 aliphatic heterocycles. The number of hydrogen-bond acceptors (Lipinski definition) is 3. The number of amidine groups is 1. The van der Waals surface area contributed by atoms with E-state index in [-0.39, 0.29) is 5.84 Å². The number of rotatable bonds is 3. The molecule has 0 saturated heterocycles. The van der Waals surface area contributed by atoms with Crippen LogP contribution in [-0.2, 0) is 0 Å². The van der Waals surface area contributed by atoms with Gasteiger partial charge >= 0.3 is 0 Å². The summed E-state index contributed by atoms with van der Waals surface area (Å²) in [6.45, 7) is 2.82. The van der Waals surface area contributed by atoms with Crippen LogP contribution in [0.4, 0.5) is 5.69 Å². The van der Waals surface area contributed by atoms with Crippen LogP contribution in [0.25, 0.3) is 0 Å². The van der Waals surface area contributed by atoms with Gasteiger partial charge < -0.3 is 15.8 Å². The summed E-state index contributed by atoms with van der Waals surface area (Å²) in [5.41, 5.74) is 7.09. The van der Waals surface area contributed by atoms with Gasteiger partial charge in [-0.2, -0.15) is 0 Å². The fraction of sp³-hybridized carbons (Fsp3) is 0.300. The van der Waals surface area contributed by atoms with E-state index in [0.717, 1.165) is 12.2 Å². The van der Waals surface area contributed by atoms with E-state index in [1.54, 1.807) is 18.2 Å². The lowest BCUT2D eigenvalue weighted by atomic mass is 10.1. The van der Waals surface area contributed by atoms with E-state index < -0.39 is 0 Å². The van der Waals surface area contributed by atoms with Crippen molar-refractivity contribution in [3.8, 4) is 0 Å². The van der Waals surface area contributed by atoms with Gasteiger partial charge in [0.25, 0.3) is 0 Å². The Morgan fingerprint density at radius 3 is 2.80 bits per heavy atom. The normalized spacial score (nSPS) is 11.5. The molecule has 0 radical (unpaired) electrons. The predicted molar refractivity (Wildman–Crippen MR) is 62.9 cm³/mol. The lowest BCUT2D eigenvalue weighted by Gasteiger charge is -2.20. The molecule has 1 aromatic rings. The number of hydrogen-bond donors (Lipinski definition) is 2. The third kappa shape index (κ3) is 2.53. The van der Waals surface area contributed by atoms with Crippen molar-refractivity contribution in [2.45, 2.75) is 6.92 Å². The highest BCUT2D eigenvalue weighted by Crippen LogP contribution is 2.23. The van der Waals surface area contributed by atoms with Crippen LogP contribution in [0.15, 0.2) is 23.4 Å². The van der Waals surface area contributed by atoms with Crippen LogP contribution in [0.1, 0.15) is 12.5 Å². The van der Waals surface area contributed by atoms with Crippen LogP contribution < -0.4 is 10.6 Å². The van der Waals surface area contributed by atoms with Crippen LogP contribution in [0.3, 0.4) is 0 Å². The lowest BCUT2D eigenvalue weighted by molar-refractivity contribution is 0.318. The van der Waals surface area contributed by atoms with Crippen LogP contribution in [0.2, 0.25) is 5.02 Å². The molecule has 1 aromatic carbocycles. The van der Waals surface area contributed by atoms with Gasteiger partial charge in [-0.15, -0.1) is 0 Å². The van der Waals surface area contributed by atoms with E-state index in [9.17, 15) is 0 Å². The highest BCUT2D eigenvalue weighted by Gasteiger charge is 2.10. The predicted octanol–water partition coefficient (Wildman–Crippen LogP) is 1.89. The Morgan fingerprint density at radius 1 is 1.60 bits per heavy atom. The van der Waals surface area contributed by atoms with Gasteiger partial charge in [-0.1, -0.05) is 16.8 Å². The van der Waals surface area contributed by atoms with Crippen LogP contribution in [0, 0.1) is 0 Å². The minimum atomic E-state index is 0.0852. The van der Waals surface area contributed by atoms with Crippen molar-refractivity contribution in [2.24, 2.45) is 10.9 Å². The molecule has 3 N–H and O–H groups in total. The Labute approximate surface area is 93.9 Å². The second-order valence-corrected chi connectivity index (χ2v) is 3.60. The lowest BCUT2D eigenvalue weighted by Crippen LogP contribution is -2.22. The second-order valence-electron chi connectivity index (χ2n) is 3.16. The molecule has 0 aliphatic carbocycles. The molecular weight excluding hydrogens is 214 g/mol. The molecule has 82 valence electrons. The standard InChI is InChI=1S/C10H14ClN3O/c1-3-14(2)9-6-7(11)4-5-8(9)10(12)13-15/h4-6,15H,3H2,1-2H3,(H2,12,13). The fourth-order valence-corrected chi connectivity index (χ4v) is 1.43. The topological polar surface area (TPSA) is 61.8 Å². The summed E-state index contributed by atoms with van der Waals surface area (Å²) in [7, 11) is 1.92. The van der Waals surface area contributed by atoms with E-state index in [4.69, 9.17) is 22.5 Å². The largest absolute Gasteiger partial charge is 0.409 e. The number of oxime groups is 1. The number of benzene rings is 1. The summed E-state index contributed by atoms with van der Waals surface area (Å²) in [6.07, 6.45) is 0. The summed E-state index contributed by atoms with van der Waals surface area (Å²) in [5.74, 6) is 0.0852. The summed E-state index contributed by atoms with van der Waals surface area (Å²) in [6, 6.07) is 5.24. The molecule has 1 rings (SSSR count). The Balaban J connectivity index is 3.26. The molecule has 0 aliphatic rings. The summed E-state index contributed by atoms with van der Waals surface area (Å²) >= 11 is 5.90. The van der Waals surface area contributed by atoms with Crippen molar-refractivity contribution < 1.29 is 5.21 Å². The Bertz CT molecular complexity index is 379. The van der Waals surface area contributed by atoms with Gasteiger partial charge in [0.1, 0.15) is 0 Å². The smallest absolute Gasteiger partial charge is 0.172 e. The molecule has 0 bridgehead atoms. The van der Waals surface area contributed by atoms with Gasteiger partial charge in [0, 0.05) is 29.9 Å². The molecule has 15 heavy (non-hydrogen) atoms. The molecule has 0 amide bonds. The molecule has 5 heteroatoms. The third-order valence-electron chi connectivity index (χ3n) is 2.23. The third-order valence-corrected chi connectivity index (χ3v) is 2.46. The molecule has 0 atom stereocenters. The highest BCUT2D eigenvalue weighted by atomic mass is 35.5. The summed E-state index contributed by atoms with van der Waals surface area (Å²) < 4.78 is 0. The van der Waals surface area contributed by atoms with Crippen molar-refractivity contribution in [1.29, 1.82) is 0 Å². The molecule has 0 fully saturated rings. The van der Waals surface area contributed by atoms with Crippen molar-refractivity contribution >= 4 is 23.1 Å². The average molecular weight is 228 g/mol.